The number of hydrogen-bond acceptors (Lipinski definition) is 7. The molecule has 3 aliphatic heterocycles. The number of carbonyl (C=O) groups is 1. The number of carbonyl (C=O) groups excluding carboxylic acids is 1. The zero-order chi connectivity index (χ0) is 29.8. The molecule has 0 aliphatic carbocycles. The van der Waals surface area contributed by atoms with Crippen molar-refractivity contribution in [2.24, 2.45) is 0 Å². The molecule has 0 spiro atoms. The quantitative estimate of drug-likeness (QED) is 0.188. The lowest BCUT2D eigenvalue weighted by atomic mass is 10.0. The van der Waals surface area contributed by atoms with E-state index in [-0.39, 0.29) is 12.2 Å². The average molecular weight is 589 g/mol. The van der Waals surface area contributed by atoms with Crippen LogP contribution in [0.2, 0.25) is 0 Å². The van der Waals surface area contributed by atoms with Crippen molar-refractivity contribution in [1.29, 1.82) is 0 Å². The van der Waals surface area contributed by atoms with E-state index in [4.69, 9.17) is 23.7 Å². The molecular weight excluding hydrogens is 532 g/mol. The van der Waals surface area contributed by atoms with Gasteiger partial charge in [0.2, 0.25) is 0 Å². The monoisotopic (exact) mass is 588 g/mol. The maximum absolute atomic E-state index is 13.1. The van der Waals surface area contributed by atoms with Crippen molar-refractivity contribution < 1.29 is 28.5 Å². The van der Waals surface area contributed by atoms with E-state index in [1.807, 2.05) is 45.0 Å². The molecule has 3 fully saturated rings. The van der Waals surface area contributed by atoms with Gasteiger partial charge in [-0.1, -0.05) is 88.8 Å². The molecule has 238 valence electrons. The molecule has 0 aromatic heterocycles. The molecule has 1 aromatic rings. The highest BCUT2D eigenvalue weighted by Gasteiger charge is 2.58. The third-order valence-electron chi connectivity index (χ3n) is 8.64. The van der Waals surface area contributed by atoms with Gasteiger partial charge in [0.25, 0.3) is 0 Å². The molecule has 0 unspecified atom stereocenters. The molecule has 1 N–H and O–H groups in total. The zero-order valence-corrected chi connectivity index (χ0v) is 26.6. The number of anilines is 1. The van der Waals surface area contributed by atoms with E-state index in [2.05, 4.69) is 17.1 Å². The molecule has 3 aliphatic rings. The molecule has 1 aromatic carbocycles. The number of nitrogens with one attached hydrogen (secondary N) is 1. The van der Waals surface area contributed by atoms with Crippen molar-refractivity contribution in [3.05, 3.63) is 29.8 Å². The maximum Gasteiger partial charge on any atom is 0.412 e. The number of hydrogen-bond donors (Lipinski definition) is 1. The Balaban J connectivity index is 1.31. The number of rotatable bonds is 17. The van der Waals surface area contributed by atoms with Gasteiger partial charge in [-0.15, -0.1) is 0 Å². The molecule has 0 bridgehead atoms. The Morgan fingerprint density at radius 1 is 0.929 bits per heavy atom. The summed E-state index contributed by atoms with van der Waals surface area (Å²) >= 11 is 0. The first-order valence-corrected chi connectivity index (χ1v) is 16.7. The summed E-state index contributed by atoms with van der Waals surface area (Å²) in [6, 6.07) is 7.69. The number of unbranched alkanes of at least 4 members (excludes halogenated alkanes) is 9. The van der Waals surface area contributed by atoms with Gasteiger partial charge in [0.15, 0.2) is 12.1 Å². The standard InChI is InChI=1S/C34H56N2O6/c1-5-6-7-8-9-10-11-12-13-17-24-38-32-31-30(41-34(3,4)42-31)29(40-32)28(25-36-22-15-14-16-23-36)39-33(37)35-27-20-18-26(2)19-21-27/h18-21,28-32H,5-17,22-25H2,1-4H3,(H,35,37)/t28-,29-,30+,31+,32+/m1/s1. The van der Waals surface area contributed by atoms with Gasteiger partial charge in [-0.2, -0.15) is 0 Å². The van der Waals surface area contributed by atoms with Gasteiger partial charge in [0.05, 0.1) is 0 Å². The van der Waals surface area contributed by atoms with E-state index >= 15 is 0 Å². The van der Waals surface area contributed by atoms with Crippen LogP contribution in [0.3, 0.4) is 0 Å². The number of benzene rings is 1. The van der Waals surface area contributed by atoms with E-state index in [0.29, 0.717) is 18.8 Å². The summed E-state index contributed by atoms with van der Waals surface area (Å²) < 4.78 is 31.5. The van der Waals surface area contributed by atoms with Crippen LogP contribution in [0.25, 0.3) is 0 Å². The second-order valence-corrected chi connectivity index (χ2v) is 12.9. The van der Waals surface area contributed by atoms with E-state index in [1.165, 1.54) is 57.8 Å². The Hall–Kier alpha value is -1.71. The van der Waals surface area contributed by atoms with Gasteiger partial charge in [-0.25, -0.2) is 4.79 Å². The van der Waals surface area contributed by atoms with Crippen LogP contribution in [0.15, 0.2) is 24.3 Å². The normalized spacial score (nSPS) is 26.2. The SMILES string of the molecule is CCCCCCCCCCCCO[C@H]1O[C@H]([C@@H](CN2CCCCC2)OC(=O)Nc2ccc(C)cc2)[C@@H]2OC(C)(C)O[C@H]12. The van der Waals surface area contributed by atoms with Gasteiger partial charge in [-0.05, 0) is 65.3 Å². The summed E-state index contributed by atoms with van der Waals surface area (Å²) in [7, 11) is 0. The van der Waals surface area contributed by atoms with Crippen molar-refractivity contribution in [1.82, 2.24) is 4.90 Å². The number of likely N-dealkylation sites (tertiary alicyclic amines) is 1. The van der Waals surface area contributed by atoms with Crippen LogP contribution < -0.4 is 5.32 Å². The van der Waals surface area contributed by atoms with Crippen LogP contribution >= 0.6 is 0 Å². The van der Waals surface area contributed by atoms with E-state index in [9.17, 15) is 4.79 Å². The molecule has 8 nitrogen and oxygen atoms in total. The van der Waals surface area contributed by atoms with Crippen molar-refractivity contribution in [2.45, 2.75) is 148 Å². The minimum Gasteiger partial charge on any atom is -0.442 e. The van der Waals surface area contributed by atoms with Crippen LogP contribution in [-0.4, -0.2) is 73.7 Å². The smallest absolute Gasteiger partial charge is 0.412 e. The number of ether oxygens (including phenoxy) is 5. The molecule has 0 saturated carbocycles. The summed E-state index contributed by atoms with van der Waals surface area (Å²) in [5.41, 5.74) is 1.83. The minimum absolute atomic E-state index is 0.360. The predicted molar refractivity (Wildman–Crippen MR) is 166 cm³/mol. The van der Waals surface area contributed by atoms with Gasteiger partial charge < -0.3 is 23.7 Å². The first-order chi connectivity index (χ1) is 20.3. The van der Waals surface area contributed by atoms with Gasteiger partial charge in [-0.3, -0.25) is 10.2 Å². The summed E-state index contributed by atoms with van der Waals surface area (Å²) in [6.45, 7) is 11.3. The van der Waals surface area contributed by atoms with E-state index in [1.54, 1.807) is 0 Å². The lowest BCUT2D eigenvalue weighted by Gasteiger charge is -2.34. The molecular formula is C34H56N2O6. The Kier molecular flexibility index (Phi) is 13.4. The fourth-order valence-corrected chi connectivity index (χ4v) is 6.34. The van der Waals surface area contributed by atoms with Crippen LogP contribution in [0, 0.1) is 6.92 Å². The van der Waals surface area contributed by atoms with Crippen molar-refractivity contribution in [2.75, 3.05) is 31.6 Å². The molecule has 3 saturated heterocycles. The molecule has 42 heavy (non-hydrogen) atoms. The van der Waals surface area contributed by atoms with Gasteiger partial charge in [0, 0.05) is 18.8 Å². The van der Waals surface area contributed by atoms with Crippen LogP contribution in [-0.2, 0) is 23.7 Å². The highest BCUT2D eigenvalue weighted by molar-refractivity contribution is 5.84. The number of aryl methyl sites for hydroxylation is 1. The van der Waals surface area contributed by atoms with E-state index < -0.39 is 30.4 Å². The number of fused-ring (bicyclic) bond motifs is 1. The largest absolute Gasteiger partial charge is 0.442 e. The Labute approximate surface area is 254 Å². The highest BCUT2D eigenvalue weighted by Crippen LogP contribution is 2.41. The van der Waals surface area contributed by atoms with Crippen molar-refractivity contribution in [3.63, 3.8) is 0 Å². The molecule has 1 amide bonds. The molecule has 0 radical (unpaired) electrons. The zero-order valence-electron chi connectivity index (χ0n) is 26.6. The van der Waals surface area contributed by atoms with Crippen molar-refractivity contribution in [3.8, 4) is 0 Å². The molecule has 4 rings (SSSR count). The Morgan fingerprint density at radius 2 is 1.55 bits per heavy atom. The first-order valence-electron chi connectivity index (χ1n) is 16.7. The summed E-state index contributed by atoms with van der Waals surface area (Å²) in [4.78, 5) is 15.4. The van der Waals surface area contributed by atoms with Gasteiger partial charge >= 0.3 is 6.09 Å². The average Bonchev–Trinajstić information content (AvgIpc) is 3.46. The molecule has 3 heterocycles. The van der Waals surface area contributed by atoms with Crippen LogP contribution in [0.1, 0.15) is 110 Å². The van der Waals surface area contributed by atoms with Crippen molar-refractivity contribution >= 4 is 11.8 Å². The lowest BCUT2D eigenvalue weighted by Crippen LogP contribution is -2.49. The topological polar surface area (TPSA) is 78.5 Å². The fourth-order valence-electron chi connectivity index (χ4n) is 6.34. The summed E-state index contributed by atoms with van der Waals surface area (Å²) in [5, 5.41) is 2.88. The maximum atomic E-state index is 13.1. The minimum atomic E-state index is -0.754. The number of amides is 1. The third-order valence-corrected chi connectivity index (χ3v) is 8.64. The van der Waals surface area contributed by atoms with Crippen LogP contribution in [0.4, 0.5) is 10.5 Å². The molecule has 5 atom stereocenters. The lowest BCUT2D eigenvalue weighted by molar-refractivity contribution is -0.243. The summed E-state index contributed by atoms with van der Waals surface area (Å²) in [5.74, 6) is -0.754. The van der Waals surface area contributed by atoms with Crippen LogP contribution in [0.5, 0.6) is 0 Å². The molecule has 8 heteroatoms. The third kappa shape index (κ3) is 10.5. The first kappa shape index (κ1) is 33.2. The Bertz CT molecular complexity index is 919. The highest BCUT2D eigenvalue weighted by atomic mass is 16.8. The van der Waals surface area contributed by atoms with E-state index in [0.717, 1.165) is 44.3 Å². The fraction of sp³-hybridized carbons (Fsp3) is 0.794. The summed E-state index contributed by atoms with van der Waals surface area (Å²) in [6.07, 6.45) is 13.5. The second kappa shape index (κ2) is 17.0. The van der Waals surface area contributed by atoms with Gasteiger partial charge in [0.1, 0.15) is 24.4 Å². The predicted octanol–water partition coefficient (Wildman–Crippen LogP) is 7.58. The Morgan fingerprint density at radius 3 is 2.21 bits per heavy atom. The second-order valence-electron chi connectivity index (χ2n) is 12.9. The number of piperidine rings is 1. The number of nitrogens with zero attached hydrogens (tertiary/aromatic N) is 1.